The van der Waals surface area contributed by atoms with E-state index in [1.807, 2.05) is 0 Å². The molecule has 0 aliphatic carbocycles. The monoisotopic (exact) mass is 316 g/mol. The minimum absolute atomic E-state index is 0.204. The number of carbonyl (C=O) groups excluding carboxylic acids is 1. The normalized spacial score (nSPS) is 17.8. The minimum atomic E-state index is -0.402. The van der Waals surface area contributed by atoms with E-state index in [1.165, 1.54) is 19.0 Å². The highest BCUT2D eigenvalue weighted by atomic mass is 16.3. The summed E-state index contributed by atoms with van der Waals surface area (Å²) in [4.78, 5) is 22.4. The molecule has 2 aromatic rings. The Morgan fingerprint density at radius 1 is 1.48 bits per heavy atom. The van der Waals surface area contributed by atoms with Gasteiger partial charge in [0.1, 0.15) is 12.0 Å². The summed E-state index contributed by atoms with van der Waals surface area (Å²) in [6.07, 6.45) is 5.20. The molecule has 1 aliphatic heterocycles. The second-order valence-electron chi connectivity index (χ2n) is 5.71. The lowest BCUT2D eigenvalue weighted by Crippen LogP contribution is -2.36. The van der Waals surface area contributed by atoms with Gasteiger partial charge >= 0.3 is 5.91 Å². The molecule has 0 aromatic carbocycles. The van der Waals surface area contributed by atoms with Crippen LogP contribution in [0.3, 0.4) is 0 Å². The summed E-state index contributed by atoms with van der Waals surface area (Å²) in [7, 11) is 0. The van der Waals surface area contributed by atoms with Crippen LogP contribution in [0.4, 0.5) is 17.3 Å². The number of nitrogens with zero attached hydrogens (tertiary/aromatic N) is 3. The lowest BCUT2D eigenvalue weighted by Gasteiger charge is -2.32. The fourth-order valence-electron chi connectivity index (χ4n) is 2.70. The van der Waals surface area contributed by atoms with Crippen LogP contribution >= 0.6 is 0 Å². The van der Waals surface area contributed by atoms with Crippen LogP contribution in [0.25, 0.3) is 0 Å². The second kappa shape index (κ2) is 6.55. The largest absolute Gasteiger partial charge is 0.459 e. The van der Waals surface area contributed by atoms with Crippen LogP contribution in [0, 0.1) is 5.92 Å². The van der Waals surface area contributed by atoms with E-state index in [4.69, 9.17) is 10.2 Å². The number of nitrogens with two attached hydrogens (primary N) is 1. The maximum Gasteiger partial charge on any atom is 0.305 e. The number of piperidine rings is 1. The van der Waals surface area contributed by atoms with Crippen LogP contribution in [0.1, 0.15) is 30.3 Å². The predicted molar refractivity (Wildman–Crippen MR) is 86.9 cm³/mol. The molecule has 1 atom stereocenters. The number of nitrogens with one attached hydrogen (secondary N) is 2. The number of hydrogen-bond donors (Lipinski definition) is 3. The van der Waals surface area contributed by atoms with E-state index in [-0.39, 0.29) is 5.76 Å². The smallest absolute Gasteiger partial charge is 0.305 e. The van der Waals surface area contributed by atoms with Crippen molar-refractivity contribution in [3.05, 3.63) is 30.5 Å². The fourth-order valence-corrected chi connectivity index (χ4v) is 2.70. The second-order valence-corrected chi connectivity index (χ2v) is 5.71. The van der Waals surface area contributed by atoms with Gasteiger partial charge < -0.3 is 15.1 Å². The Bertz CT molecular complexity index is 673. The quantitative estimate of drug-likeness (QED) is 0.736. The first-order chi connectivity index (χ1) is 11.1. The van der Waals surface area contributed by atoms with Crippen LogP contribution in [-0.2, 0) is 0 Å². The van der Waals surface area contributed by atoms with Crippen molar-refractivity contribution in [2.75, 3.05) is 29.1 Å². The summed E-state index contributed by atoms with van der Waals surface area (Å²) < 4.78 is 5.02. The number of anilines is 3. The molecule has 1 fully saturated rings. The molecular formula is C15H20N6O2. The Morgan fingerprint density at radius 3 is 3.09 bits per heavy atom. The lowest BCUT2D eigenvalue weighted by atomic mass is 10.0. The molecule has 0 spiro atoms. The first kappa shape index (κ1) is 15.1. The van der Waals surface area contributed by atoms with Gasteiger partial charge in [-0.25, -0.2) is 9.97 Å². The number of hydrogen-bond acceptors (Lipinski definition) is 7. The zero-order chi connectivity index (χ0) is 16.2. The summed E-state index contributed by atoms with van der Waals surface area (Å²) in [5.41, 5.74) is 11.8. The maximum atomic E-state index is 11.9. The number of amides is 1. The van der Waals surface area contributed by atoms with E-state index in [9.17, 15) is 4.79 Å². The third-order valence-corrected chi connectivity index (χ3v) is 3.86. The van der Waals surface area contributed by atoms with Crippen LogP contribution in [-0.4, -0.2) is 29.0 Å². The molecule has 2 aromatic heterocycles. The highest BCUT2D eigenvalue weighted by Crippen LogP contribution is 2.29. The number of carbonyl (C=O) groups is 1. The van der Waals surface area contributed by atoms with E-state index >= 15 is 0 Å². The van der Waals surface area contributed by atoms with Crippen LogP contribution < -0.4 is 21.5 Å². The third-order valence-electron chi connectivity index (χ3n) is 3.86. The molecule has 1 saturated heterocycles. The molecule has 0 bridgehead atoms. The first-order valence-electron chi connectivity index (χ1n) is 7.60. The summed E-state index contributed by atoms with van der Waals surface area (Å²) in [6.45, 7) is 4.05. The zero-order valence-corrected chi connectivity index (χ0v) is 13.0. The van der Waals surface area contributed by atoms with Crippen molar-refractivity contribution in [2.24, 2.45) is 5.92 Å². The maximum absolute atomic E-state index is 11.9. The Labute approximate surface area is 134 Å². The standard InChI is InChI=1S/C15H20N6O2/c1-10-4-2-6-21(8-10)14-12(16)13(17-9-18-14)19-20-15(22)11-5-3-7-23-11/h3,5,7,9-10H,2,4,6,8,16H2,1H3,(H,20,22)(H,17,18,19). The molecule has 0 saturated carbocycles. The van der Waals surface area contributed by atoms with Gasteiger partial charge in [-0.05, 0) is 30.9 Å². The first-order valence-corrected chi connectivity index (χ1v) is 7.60. The summed E-state index contributed by atoms with van der Waals surface area (Å²) in [6, 6.07) is 3.21. The van der Waals surface area contributed by atoms with Crippen LogP contribution in [0.15, 0.2) is 29.1 Å². The minimum Gasteiger partial charge on any atom is -0.459 e. The Kier molecular flexibility index (Phi) is 4.31. The summed E-state index contributed by atoms with van der Waals surface area (Å²) in [5.74, 6) is 1.47. The predicted octanol–water partition coefficient (Wildman–Crippen LogP) is 1.65. The Morgan fingerprint density at radius 2 is 2.35 bits per heavy atom. The van der Waals surface area contributed by atoms with E-state index in [0.717, 1.165) is 19.5 Å². The van der Waals surface area contributed by atoms with E-state index in [0.29, 0.717) is 23.2 Å². The Hall–Kier alpha value is -2.77. The van der Waals surface area contributed by atoms with Gasteiger partial charge in [0, 0.05) is 13.1 Å². The van der Waals surface area contributed by atoms with Gasteiger partial charge in [0.15, 0.2) is 17.4 Å². The third kappa shape index (κ3) is 3.36. The van der Waals surface area contributed by atoms with Gasteiger partial charge in [-0.2, -0.15) is 0 Å². The molecule has 3 heterocycles. The average molecular weight is 316 g/mol. The number of hydrazine groups is 1. The fraction of sp³-hybridized carbons (Fsp3) is 0.400. The van der Waals surface area contributed by atoms with Crippen molar-refractivity contribution in [3.8, 4) is 0 Å². The molecule has 1 amide bonds. The molecule has 1 aliphatic rings. The number of nitrogen functional groups attached to an aromatic ring is 1. The van der Waals surface area contributed by atoms with Gasteiger partial charge in [-0.3, -0.25) is 15.6 Å². The highest BCUT2D eigenvalue weighted by molar-refractivity contribution is 5.92. The molecular weight excluding hydrogens is 296 g/mol. The van der Waals surface area contributed by atoms with Gasteiger partial charge in [0.05, 0.1) is 6.26 Å². The molecule has 8 nitrogen and oxygen atoms in total. The zero-order valence-electron chi connectivity index (χ0n) is 13.0. The molecule has 8 heteroatoms. The number of aromatic nitrogens is 2. The molecule has 3 rings (SSSR count). The van der Waals surface area contributed by atoms with Gasteiger partial charge in [-0.1, -0.05) is 6.92 Å². The lowest BCUT2D eigenvalue weighted by molar-refractivity contribution is 0.0935. The molecule has 122 valence electrons. The van der Waals surface area contributed by atoms with Crippen molar-refractivity contribution >= 4 is 23.2 Å². The number of rotatable bonds is 4. The van der Waals surface area contributed by atoms with E-state index in [1.54, 1.807) is 12.1 Å². The van der Waals surface area contributed by atoms with Crippen LogP contribution in [0.2, 0.25) is 0 Å². The molecule has 1 unspecified atom stereocenters. The average Bonchev–Trinajstić information content (AvgIpc) is 3.08. The van der Waals surface area contributed by atoms with E-state index in [2.05, 4.69) is 32.6 Å². The summed E-state index contributed by atoms with van der Waals surface area (Å²) >= 11 is 0. The van der Waals surface area contributed by atoms with Gasteiger partial charge in [0.25, 0.3) is 0 Å². The van der Waals surface area contributed by atoms with Gasteiger partial charge in [-0.15, -0.1) is 0 Å². The van der Waals surface area contributed by atoms with Crippen molar-refractivity contribution in [1.29, 1.82) is 0 Å². The SMILES string of the molecule is CC1CCCN(c2ncnc(NNC(=O)c3ccco3)c2N)C1. The summed E-state index contributed by atoms with van der Waals surface area (Å²) in [5, 5.41) is 0. The van der Waals surface area contributed by atoms with Crippen molar-refractivity contribution in [1.82, 2.24) is 15.4 Å². The molecule has 4 N–H and O–H groups in total. The van der Waals surface area contributed by atoms with Crippen molar-refractivity contribution < 1.29 is 9.21 Å². The Balaban J connectivity index is 1.71. The molecule has 0 radical (unpaired) electrons. The van der Waals surface area contributed by atoms with Gasteiger partial charge in [0.2, 0.25) is 0 Å². The highest BCUT2D eigenvalue weighted by Gasteiger charge is 2.21. The van der Waals surface area contributed by atoms with Crippen molar-refractivity contribution in [2.45, 2.75) is 19.8 Å². The van der Waals surface area contributed by atoms with Crippen molar-refractivity contribution in [3.63, 3.8) is 0 Å². The van der Waals surface area contributed by atoms with Crippen LogP contribution in [0.5, 0.6) is 0 Å². The topological polar surface area (TPSA) is 109 Å². The van der Waals surface area contributed by atoms with E-state index < -0.39 is 5.91 Å². The molecule has 23 heavy (non-hydrogen) atoms. The number of furan rings is 1.